The highest BCUT2D eigenvalue weighted by Gasteiger charge is 2.39. The Kier molecular flexibility index (Phi) is 13.2. The van der Waals surface area contributed by atoms with Gasteiger partial charge in [-0.1, -0.05) is 26.2 Å². The Balaban J connectivity index is 2.03. The predicted octanol–water partition coefficient (Wildman–Crippen LogP) is 1.74. The summed E-state index contributed by atoms with van der Waals surface area (Å²) in [6.45, 7) is 3.99. The van der Waals surface area contributed by atoms with Crippen LogP contribution in [0.25, 0.3) is 0 Å². The molecule has 2 rings (SSSR count). The molecule has 0 aromatic heterocycles. The molecule has 3 amide bonds. The Morgan fingerprint density at radius 1 is 1.08 bits per heavy atom. The van der Waals surface area contributed by atoms with Crippen molar-refractivity contribution in [3.05, 3.63) is 0 Å². The molecule has 0 radical (unpaired) electrons. The minimum absolute atomic E-state index is 0.0860. The SMILES string of the molecule is CCCC[C@H](CP(=O)(O)O[C@@H](C)C(=O)N1CCC[C@H]1C(=O)O)NC(=O)[C@H](CCCCN)NC(=O)C1CCC1. The summed E-state index contributed by atoms with van der Waals surface area (Å²) in [4.78, 5) is 61.7. The minimum atomic E-state index is -4.35. The van der Waals surface area contributed by atoms with Crippen molar-refractivity contribution in [2.45, 2.75) is 109 Å². The van der Waals surface area contributed by atoms with E-state index in [9.17, 15) is 33.7 Å². The molecule has 38 heavy (non-hydrogen) atoms. The lowest BCUT2D eigenvalue weighted by molar-refractivity contribution is -0.151. The van der Waals surface area contributed by atoms with Crippen LogP contribution in [0.2, 0.25) is 0 Å². The van der Waals surface area contributed by atoms with Gasteiger partial charge in [0, 0.05) is 18.5 Å². The highest BCUT2D eigenvalue weighted by atomic mass is 31.2. The van der Waals surface area contributed by atoms with E-state index in [4.69, 9.17) is 10.3 Å². The normalized spacial score (nSPS) is 21.6. The van der Waals surface area contributed by atoms with E-state index in [1.54, 1.807) is 0 Å². The Hall–Kier alpha value is -2.01. The highest BCUT2D eigenvalue weighted by molar-refractivity contribution is 7.52. The largest absolute Gasteiger partial charge is 0.480 e. The molecule has 5 atom stereocenters. The summed E-state index contributed by atoms with van der Waals surface area (Å²) in [6, 6.07) is -2.47. The molecule has 13 heteroatoms. The molecule has 1 aliphatic carbocycles. The highest BCUT2D eigenvalue weighted by Crippen LogP contribution is 2.45. The van der Waals surface area contributed by atoms with Gasteiger partial charge in [-0.05, 0) is 64.8 Å². The van der Waals surface area contributed by atoms with Gasteiger partial charge in [0.1, 0.15) is 18.2 Å². The fourth-order valence-electron chi connectivity index (χ4n) is 4.82. The number of amides is 3. The van der Waals surface area contributed by atoms with Crippen LogP contribution in [0.4, 0.5) is 0 Å². The Morgan fingerprint density at radius 2 is 1.79 bits per heavy atom. The van der Waals surface area contributed by atoms with Crippen LogP contribution in [0, 0.1) is 5.92 Å². The van der Waals surface area contributed by atoms with E-state index in [2.05, 4.69) is 10.6 Å². The molecule has 12 nitrogen and oxygen atoms in total. The van der Waals surface area contributed by atoms with E-state index in [0.717, 1.165) is 25.7 Å². The molecule has 1 heterocycles. The van der Waals surface area contributed by atoms with E-state index >= 15 is 0 Å². The molecule has 0 bridgehead atoms. The number of aliphatic carboxylic acids is 1. The summed E-state index contributed by atoms with van der Waals surface area (Å²) >= 11 is 0. The Bertz CT molecular complexity index is 868. The fourth-order valence-corrected chi connectivity index (χ4v) is 6.32. The second-order valence-electron chi connectivity index (χ2n) is 10.4. The van der Waals surface area contributed by atoms with E-state index in [1.165, 1.54) is 11.8 Å². The lowest BCUT2D eigenvalue weighted by Gasteiger charge is -2.29. The maximum atomic E-state index is 13.2. The first kappa shape index (κ1) is 32.2. The quantitative estimate of drug-likeness (QED) is 0.130. The van der Waals surface area contributed by atoms with Gasteiger partial charge in [0.05, 0.1) is 6.16 Å². The molecule has 218 valence electrons. The molecular formula is C25H45N4O8P. The van der Waals surface area contributed by atoms with E-state index in [-0.39, 0.29) is 18.4 Å². The number of carbonyl (C=O) groups excluding carboxylic acids is 3. The number of nitrogens with one attached hydrogen (secondary N) is 2. The fraction of sp³-hybridized carbons (Fsp3) is 0.840. The maximum Gasteiger partial charge on any atom is 0.330 e. The minimum Gasteiger partial charge on any atom is -0.480 e. The van der Waals surface area contributed by atoms with Crippen molar-refractivity contribution >= 4 is 31.3 Å². The molecule has 6 N–H and O–H groups in total. The number of nitrogens with two attached hydrogens (primary N) is 1. The van der Waals surface area contributed by atoms with Crippen molar-refractivity contribution < 1.29 is 38.3 Å². The Morgan fingerprint density at radius 3 is 2.37 bits per heavy atom. The molecule has 0 aromatic rings. The first-order valence-corrected chi connectivity index (χ1v) is 15.6. The number of hydrogen-bond donors (Lipinski definition) is 5. The third-order valence-electron chi connectivity index (χ3n) is 7.25. The van der Waals surface area contributed by atoms with Gasteiger partial charge in [0.15, 0.2) is 0 Å². The summed E-state index contributed by atoms with van der Waals surface area (Å²) in [5, 5.41) is 15.0. The molecule has 1 saturated heterocycles. The van der Waals surface area contributed by atoms with Crippen molar-refractivity contribution in [3.63, 3.8) is 0 Å². The lowest BCUT2D eigenvalue weighted by Crippen LogP contribution is -2.52. The van der Waals surface area contributed by atoms with Crippen molar-refractivity contribution in [1.82, 2.24) is 15.5 Å². The predicted molar refractivity (Wildman–Crippen MR) is 141 cm³/mol. The van der Waals surface area contributed by atoms with E-state index < -0.39 is 55.8 Å². The van der Waals surface area contributed by atoms with Crippen LogP contribution < -0.4 is 16.4 Å². The molecule has 1 aliphatic heterocycles. The summed E-state index contributed by atoms with van der Waals surface area (Å²) in [6.07, 6.45) is 5.35. The van der Waals surface area contributed by atoms with Gasteiger partial charge >= 0.3 is 13.6 Å². The zero-order valence-corrected chi connectivity index (χ0v) is 23.5. The third-order valence-corrected chi connectivity index (χ3v) is 8.80. The zero-order chi connectivity index (χ0) is 28.3. The second kappa shape index (κ2) is 15.5. The van der Waals surface area contributed by atoms with Crippen LogP contribution in [0.15, 0.2) is 0 Å². The lowest BCUT2D eigenvalue weighted by atomic mass is 9.84. The van der Waals surface area contributed by atoms with Gasteiger partial charge in [0.25, 0.3) is 5.91 Å². The van der Waals surface area contributed by atoms with E-state index in [1.807, 2.05) is 6.92 Å². The number of carboxylic acid groups (broad SMARTS) is 1. The monoisotopic (exact) mass is 560 g/mol. The number of nitrogens with zero attached hydrogens (tertiary/aromatic N) is 1. The molecule has 1 unspecified atom stereocenters. The van der Waals surface area contributed by atoms with Gasteiger partial charge in [-0.2, -0.15) is 0 Å². The van der Waals surface area contributed by atoms with Gasteiger partial charge in [0.2, 0.25) is 11.8 Å². The summed E-state index contributed by atoms with van der Waals surface area (Å²) < 4.78 is 18.3. The van der Waals surface area contributed by atoms with Crippen molar-refractivity contribution in [2.75, 3.05) is 19.3 Å². The molecule has 1 saturated carbocycles. The van der Waals surface area contributed by atoms with Crippen LogP contribution >= 0.6 is 7.60 Å². The van der Waals surface area contributed by atoms with E-state index in [0.29, 0.717) is 51.5 Å². The number of hydrogen-bond acceptors (Lipinski definition) is 7. The summed E-state index contributed by atoms with van der Waals surface area (Å²) in [7, 11) is -4.35. The standard InChI is InChI=1S/C25H45N4O8P/c1-3-4-11-19(27-23(31)20(12-5-6-14-26)28-22(30)18-9-7-10-18)16-38(35,36)37-17(2)24(32)29-15-8-13-21(29)25(33)34/h17-21H,3-16,26H2,1-2H3,(H,27,31)(H,28,30)(H,33,34)(H,35,36)/t17-,19+,20-,21-/m0/s1. The average molecular weight is 561 g/mol. The number of unbranched alkanes of at least 4 members (excludes halogenated alkanes) is 2. The average Bonchev–Trinajstić information content (AvgIpc) is 3.30. The van der Waals surface area contributed by atoms with Crippen molar-refractivity contribution in [3.8, 4) is 0 Å². The molecule has 0 aromatic carbocycles. The third kappa shape index (κ3) is 9.94. The van der Waals surface area contributed by atoms with Crippen LogP contribution in [0.5, 0.6) is 0 Å². The summed E-state index contributed by atoms with van der Waals surface area (Å²) in [5.41, 5.74) is 5.58. The van der Waals surface area contributed by atoms with Gasteiger partial charge < -0.3 is 31.3 Å². The van der Waals surface area contributed by atoms with Crippen molar-refractivity contribution in [2.24, 2.45) is 11.7 Å². The molecule has 0 spiro atoms. The van der Waals surface area contributed by atoms with Crippen LogP contribution in [-0.2, 0) is 28.3 Å². The zero-order valence-electron chi connectivity index (χ0n) is 22.6. The van der Waals surface area contributed by atoms with Crippen molar-refractivity contribution in [1.29, 1.82) is 0 Å². The Labute approximate surface area is 224 Å². The molecule has 2 fully saturated rings. The topological polar surface area (TPSA) is 188 Å². The van der Waals surface area contributed by atoms with Crippen LogP contribution in [0.3, 0.4) is 0 Å². The van der Waals surface area contributed by atoms with Gasteiger partial charge in [-0.15, -0.1) is 0 Å². The molecular weight excluding hydrogens is 515 g/mol. The number of rotatable bonds is 17. The maximum absolute atomic E-state index is 13.2. The second-order valence-corrected chi connectivity index (χ2v) is 12.3. The van der Waals surface area contributed by atoms with Gasteiger partial charge in [-0.3, -0.25) is 23.5 Å². The van der Waals surface area contributed by atoms with Crippen LogP contribution in [0.1, 0.15) is 84.5 Å². The first-order valence-electron chi connectivity index (χ1n) is 13.8. The number of likely N-dealkylation sites (tertiary alicyclic amines) is 1. The van der Waals surface area contributed by atoms with Gasteiger partial charge in [-0.25, -0.2) is 4.79 Å². The summed E-state index contributed by atoms with van der Waals surface area (Å²) in [5.74, 6) is -2.45. The first-order chi connectivity index (χ1) is 18.0. The smallest absolute Gasteiger partial charge is 0.330 e. The number of carbonyl (C=O) groups is 4. The number of carboxylic acids is 1. The van der Waals surface area contributed by atoms with Crippen LogP contribution in [-0.4, -0.2) is 82.1 Å². The molecule has 2 aliphatic rings.